The molecule has 3 nitrogen and oxygen atoms in total. The fourth-order valence-electron chi connectivity index (χ4n) is 1.86. The van der Waals surface area contributed by atoms with E-state index in [0.717, 1.165) is 32.9 Å². The highest BCUT2D eigenvalue weighted by Crippen LogP contribution is 2.42. The number of furan rings is 1. The van der Waals surface area contributed by atoms with Gasteiger partial charge in [-0.2, -0.15) is 0 Å². The summed E-state index contributed by atoms with van der Waals surface area (Å²) < 4.78 is 17.0. The first-order valence-corrected chi connectivity index (χ1v) is 7.38. The van der Waals surface area contributed by atoms with Crippen LogP contribution in [0.5, 0.6) is 11.5 Å². The van der Waals surface area contributed by atoms with Gasteiger partial charge in [0.25, 0.3) is 0 Å². The van der Waals surface area contributed by atoms with Crippen molar-refractivity contribution in [2.75, 3.05) is 14.2 Å². The molecule has 1 atom stereocenters. The number of hydrogen-bond acceptors (Lipinski definition) is 3. The van der Waals surface area contributed by atoms with Crippen LogP contribution in [0.25, 0.3) is 0 Å². The molecule has 0 aliphatic rings. The van der Waals surface area contributed by atoms with Crippen LogP contribution in [-0.4, -0.2) is 14.2 Å². The minimum Gasteiger partial charge on any atom is -0.496 e. The fraction of sp³-hybridized carbons (Fsp3) is 0.286. The van der Waals surface area contributed by atoms with Crippen molar-refractivity contribution >= 4 is 31.9 Å². The lowest BCUT2D eigenvalue weighted by Crippen LogP contribution is -1.98. The highest BCUT2D eigenvalue weighted by molar-refractivity contribution is 9.10. The van der Waals surface area contributed by atoms with Gasteiger partial charge >= 0.3 is 0 Å². The van der Waals surface area contributed by atoms with Gasteiger partial charge in [0, 0.05) is 11.1 Å². The third-order valence-corrected chi connectivity index (χ3v) is 4.46. The normalized spacial score (nSPS) is 12.3. The first-order chi connectivity index (χ1) is 9.06. The van der Waals surface area contributed by atoms with Crippen molar-refractivity contribution in [2.45, 2.75) is 11.8 Å². The number of ether oxygens (including phenoxy) is 2. The van der Waals surface area contributed by atoms with Gasteiger partial charge in [0.05, 0.1) is 29.8 Å². The van der Waals surface area contributed by atoms with Crippen LogP contribution in [0.4, 0.5) is 0 Å². The molecule has 1 aromatic carbocycles. The van der Waals surface area contributed by atoms with E-state index in [4.69, 9.17) is 13.9 Å². The van der Waals surface area contributed by atoms with Crippen molar-refractivity contribution in [1.29, 1.82) is 0 Å². The Morgan fingerprint density at radius 1 is 1.11 bits per heavy atom. The SMILES string of the molecule is COc1cc(C(Br)c2coc(C)c2)c(OC)cc1Br. The molecule has 0 spiro atoms. The minimum atomic E-state index is -0.0121. The van der Waals surface area contributed by atoms with E-state index in [1.54, 1.807) is 20.5 Å². The maximum absolute atomic E-state index is 5.43. The number of aryl methyl sites for hydroxylation is 1. The van der Waals surface area contributed by atoms with E-state index in [2.05, 4.69) is 31.9 Å². The molecule has 0 N–H and O–H groups in total. The summed E-state index contributed by atoms with van der Waals surface area (Å²) in [5.74, 6) is 2.43. The molecule has 0 bridgehead atoms. The zero-order chi connectivity index (χ0) is 14.0. The minimum absolute atomic E-state index is 0.0121. The monoisotopic (exact) mass is 388 g/mol. The second-order valence-electron chi connectivity index (χ2n) is 4.08. The summed E-state index contributed by atoms with van der Waals surface area (Å²) in [5.41, 5.74) is 2.03. The van der Waals surface area contributed by atoms with E-state index in [0.29, 0.717) is 0 Å². The Morgan fingerprint density at radius 2 is 1.79 bits per heavy atom. The van der Waals surface area contributed by atoms with Gasteiger partial charge < -0.3 is 13.9 Å². The predicted molar refractivity (Wildman–Crippen MR) is 81.5 cm³/mol. The van der Waals surface area contributed by atoms with E-state index in [-0.39, 0.29) is 4.83 Å². The van der Waals surface area contributed by atoms with Crippen molar-refractivity contribution in [3.8, 4) is 11.5 Å². The van der Waals surface area contributed by atoms with Crippen LogP contribution in [0.1, 0.15) is 21.7 Å². The molecule has 0 aliphatic heterocycles. The van der Waals surface area contributed by atoms with Crippen LogP contribution in [0.15, 0.2) is 33.4 Å². The first-order valence-electron chi connectivity index (χ1n) is 5.67. The summed E-state index contributed by atoms with van der Waals surface area (Å²) in [5, 5.41) is 0. The summed E-state index contributed by atoms with van der Waals surface area (Å²) in [4.78, 5) is -0.0121. The number of halogens is 2. The van der Waals surface area contributed by atoms with Crippen molar-refractivity contribution in [1.82, 2.24) is 0 Å². The van der Waals surface area contributed by atoms with Crippen LogP contribution in [0, 0.1) is 6.92 Å². The summed E-state index contributed by atoms with van der Waals surface area (Å²) in [6.45, 7) is 1.92. The largest absolute Gasteiger partial charge is 0.496 e. The third kappa shape index (κ3) is 2.98. The maximum atomic E-state index is 5.43. The Balaban J connectivity index is 2.48. The van der Waals surface area contributed by atoms with E-state index in [1.165, 1.54) is 0 Å². The Morgan fingerprint density at radius 3 is 2.32 bits per heavy atom. The third-order valence-electron chi connectivity index (χ3n) is 2.82. The standard InChI is InChI=1S/C14H14Br2O3/c1-8-4-9(7-19-8)14(16)10-5-13(18-3)11(15)6-12(10)17-2/h4-7,14H,1-3H3. The smallest absolute Gasteiger partial charge is 0.133 e. The molecule has 0 amide bonds. The Kier molecular flexibility index (Phi) is 4.58. The molecule has 102 valence electrons. The highest BCUT2D eigenvalue weighted by Gasteiger charge is 2.19. The summed E-state index contributed by atoms with van der Waals surface area (Å²) in [7, 11) is 3.29. The first kappa shape index (κ1) is 14.5. The molecule has 0 saturated heterocycles. The van der Waals surface area contributed by atoms with Crippen molar-refractivity contribution in [3.05, 3.63) is 45.8 Å². The quantitative estimate of drug-likeness (QED) is 0.700. The molecule has 0 fully saturated rings. The van der Waals surface area contributed by atoms with Gasteiger partial charge in [-0.05, 0) is 41.1 Å². The molecular weight excluding hydrogens is 376 g/mol. The molecular formula is C14H14Br2O3. The number of rotatable bonds is 4. The topological polar surface area (TPSA) is 31.6 Å². The molecule has 1 heterocycles. The van der Waals surface area contributed by atoms with Crippen molar-refractivity contribution in [3.63, 3.8) is 0 Å². The zero-order valence-electron chi connectivity index (χ0n) is 10.9. The Labute approximate surface area is 129 Å². The highest BCUT2D eigenvalue weighted by atomic mass is 79.9. The average molecular weight is 390 g/mol. The lowest BCUT2D eigenvalue weighted by atomic mass is 10.1. The van der Waals surface area contributed by atoms with E-state index < -0.39 is 0 Å². The number of benzene rings is 1. The molecule has 5 heteroatoms. The van der Waals surface area contributed by atoms with E-state index >= 15 is 0 Å². The van der Waals surface area contributed by atoms with Gasteiger partial charge in [-0.1, -0.05) is 15.9 Å². The van der Waals surface area contributed by atoms with Crippen LogP contribution in [0.3, 0.4) is 0 Å². The summed E-state index contributed by atoms with van der Waals surface area (Å²) in [6.07, 6.45) is 1.74. The van der Waals surface area contributed by atoms with Gasteiger partial charge in [0.15, 0.2) is 0 Å². The molecule has 0 saturated carbocycles. The second kappa shape index (κ2) is 6.01. The molecule has 0 radical (unpaired) electrons. The van der Waals surface area contributed by atoms with Crippen LogP contribution in [0.2, 0.25) is 0 Å². The Hall–Kier alpha value is -0.940. The van der Waals surface area contributed by atoms with Gasteiger partial charge in [-0.15, -0.1) is 0 Å². The average Bonchev–Trinajstić information content (AvgIpc) is 2.84. The number of methoxy groups -OCH3 is 2. The number of alkyl halides is 1. The number of hydrogen-bond donors (Lipinski definition) is 0. The zero-order valence-corrected chi connectivity index (χ0v) is 14.0. The van der Waals surface area contributed by atoms with Crippen molar-refractivity contribution < 1.29 is 13.9 Å². The fourth-order valence-corrected chi connectivity index (χ4v) is 2.94. The van der Waals surface area contributed by atoms with E-state index in [1.807, 2.05) is 25.1 Å². The predicted octanol–water partition coefficient (Wildman–Crippen LogP) is 4.85. The molecule has 19 heavy (non-hydrogen) atoms. The second-order valence-corrected chi connectivity index (χ2v) is 5.85. The summed E-state index contributed by atoms with van der Waals surface area (Å²) >= 11 is 7.13. The molecule has 2 aromatic rings. The summed E-state index contributed by atoms with van der Waals surface area (Å²) in [6, 6.07) is 5.84. The lowest BCUT2D eigenvalue weighted by Gasteiger charge is -2.15. The molecule has 1 aromatic heterocycles. The van der Waals surface area contributed by atoms with Gasteiger partial charge in [0.1, 0.15) is 17.3 Å². The maximum Gasteiger partial charge on any atom is 0.133 e. The van der Waals surface area contributed by atoms with Gasteiger partial charge in [0.2, 0.25) is 0 Å². The lowest BCUT2D eigenvalue weighted by molar-refractivity contribution is 0.397. The van der Waals surface area contributed by atoms with Gasteiger partial charge in [-0.25, -0.2) is 0 Å². The van der Waals surface area contributed by atoms with Crippen LogP contribution in [-0.2, 0) is 0 Å². The molecule has 2 rings (SSSR count). The van der Waals surface area contributed by atoms with E-state index in [9.17, 15) is 0 Å². The molecule has 1 unspecified atom stereocenters. The van der Waals surface area contributed by atoms with Crippen LogP contribution < -0.4 is 9.47 Å². The van der Waals surface area contributed by atoms with Gasteiger partial charge in [-0.3, -0.25) is 0 Å². The van der Waals surface area contributed by atoms with Crippen molar-refractivity contribution in [2.24, 2.45) is 0 Å². The van der Waals surface area contributed by atoms with Crippen LogP contribution >= 0.6 is 31.9 Å². The molecule has 0 aliphatic carbocycles. The Bertz CT molecular complexity index is 578.